The fraction of sp³-hybridized carbons (Fsp3) is 0.875. The number of rotatable bonds is 6. The fourth-order valence-corrected chi connectivity index (χ4v) is 3.31. The van der Waals surface area contributed by atoms with Crippen molar-refractivity contribution in [3.8, 4) is 0 Å². The molecule has 0 aromatic carbocycles. The zero-order valence-corrected chi connectivity index (χ0v) is 13.8. The van der Waals surface area contributed by atoms with Crippen molar-refractivity contribution >= 4 is 12.2 Å². The molecule has 2 N–H and O–H groups in total. The van der Waals surface area contributed by atoms with Gasteiger partial charge in [0, 0.05) is 13.2 Å². The van der Waals surface area contributed by atoms with Gasteiger partial charge in [-0.1, -0.05) is 20.8 Å². The van der Waals surface area contributed by atoms with Crippen LogP contribution in [0.1, 0.15) is 52.9 Å². The van der Waals surface area contributed by atoms with E-state index in [1.54, 1.807) is 12.2 Å². The van der Waals surface area contributed by atoms with Crippen LogP contribution in [0.5, 0.6) is 0 Å². The quantitative estimate of drug-likeness (QED) is 0.445. The maximum atomic E-state index is 10.3. The number of nitrogens with zero attached hydrogens (tertiary/aromatic N) is 2. The van der Waals surface area contributed by atoms with E-state index in [0.717, 1.165) is 32.1 Å². The molecule has 2 unspecified atom stereocenters. The van der Waals surface area contributed by atoms with E-state index >= 15 is 0 Å². The van der Waals surface area contributed by atoms with Gasteiger partial charge in [-0.3, -0.25) is 0 Å². The number of hydrogen-bond acceptors (Lipinski definition) is 6. The first-order valence-electron chi connectivity index (χ1n) is 7.65. The van der Waals surface area contributed by atoms with E-state index in [1.807, 2.05) is 0 Å². The van der Waals surface area contributed by atoms with Crippen molar-refractivity contribution in [2.24, 2.45) is 20.8 Å². The predicted octanol–water partition coefficient (Wildman–Crippen LogP) is 1.99. The summed E-state index contributed by atoms with van der Waals surface area (Å²) in [6.45, 7) is 7.25. The van der Waals surface area contributed by atoms with Crippen LogP contribution in [0.2, 0.25) is 0 Å². The summed E-state index contributed by atoms with van der Waals surface area (Å²) in [5.41, 5.74) is 0.0561. The smallest absolute Gasteiger partial charge is 0.235 e. The Labute approximate surface area is 132 Å². The molecule has 0 amide bonds. The Morgan fingerprint density at radius 2 is 1.64 bits per heavy atom. The number of carbonyl (C=O) groups excluding carboxylic acids is 2. The molecule has 126 valence electrons. The second-order valence-electron chi connectivity index (χ2n) is 7.00. The average molecular weight is 312 g/mol. The molecule has 0 radical (unpaired) electrons. The van der Waals surface area contributed by atoms with Crippen LogP contribution >= 0.6 is 0 Å². The summed E-state index contributed by atoms with van der Waals surface area (Å²) in [6.07, 6.45) is 7.32. The SMILES string of the molecule is CC1(C)CC(N=C=O)CC(C)(CN=C=O)C1.OCCCCO. The van der Waals surface area contributed by atoms with E-state index in [2.05, 4.69) is 30.8 Å². The summed E-state index contributed by atoms with van der Waals surface area (Å²) in [5.74, 6) is 0. The monoisotopic (exact) mass is 312 g/mol. The van der Waals surface area contributed by atoms with Gasteiger partial charge in [-0.15, -0.1) is 0 Å². The second kappa shape index (κ2) is 10.4. The highest BCUT2D eigenvalue weighted by molar-refractivity contribution is 5.34. The predicted molar refractivity (Wildman–Crippen MR) is 84.0 cm³/mol. The first-order valence-corrected chi connectivity index (χ1v) is 7.65. The molecule has 0 bridgehead atoms. The molecule has 1 saturated carbocycles. The van der Waals surface area contributed by atoms with Crippen LogP contribution in [0.4, 0.5) is 0 Å². The third kappa shape index (κ3) is 8.85. The molecule has 0 spiro atoms. The van der Waals surface area contributed by atoms with Crippen molar-refractivity contribution < 1.29 is 19.8 Å². The van der Waals surface area contributed by atoms with Crippen LogP contribution in [0, 0.1) is 10.8 Å². The summed E-state index contributed by atoms with van der Waals surface area (Å²) in [4.78, 5) is 28.0. The van der Waals surface area contributed by atoms with Gasteiger partial charge in [0.1, 0.15) is 0 Å². The van der Waals surface area contributed by atoms with Gasteiger partial charge in [-0.25, -0.2) is 19.6 Å². The van der Waals surface area contributed by atoms with Gasteiger partial charge in [-0.2, -0.15) is 0 Å². The molecular weight excluding hydrogens is 284 g/mol. The Bertz CT molecular complexity index is 408. The van der Waals surface area contributed by atoms with Crippen molar-refractivity contribution in [3.63, 3.8) is 0 Å². The minimum absolute atomic E-state index is 0.00750. The Kier molecular flexibility index (Phi) is 9.79. The highest BCUT2D eigenvalue weighted by atomic mass is 16.3. The topological polar surface area (TPSA) is 99.3 Å². The summed E-state index contributed by atoms with van der Waals surface area (Å²) in [5, 5.41) is 16.2. The van der Waals surface area contributed by atoms with Crippen molar-refractivity contribution in [1.29, 1.82) is 0 Å². The van der Waals surface area contributed by atoms with Crippen molar-refractivity contribution in [2.75, 3.05) is 19.8 Å². The molecule has 0 saturated heterocycles. The molecule has 22 heavy (non-hydrogen) atoms. The van der Waals surface area contributed by atoms with E-state index in [-0.39, 0.29) is 30.1 Å². The van der Waals surface area contributed by atoms with Gasteiger partial charge in [0.2, 0.25) is 12.2 Å². The number of aliphatic hydroxyl groups is 2. The van der Waals surface area contributed by atoms with Crippen LogP contribution in [0.25, 0.3) is 0 Å². The summed E-state index contributed by atoms with van der Waals surface area (Å²) < 4.78 is 0. The molecule has 0 aromatic heterocycles. The van der Waals surface area contributed by atoms with E-state index in [0.29, 0.717) is 6.54 Å². The lowest BCUT2D eigenvalue weighted by Crippen LogP contribution is -2.39. The molecular formula is C16H28N2O4. The van der Waals surface area contributed by atoms with E-state index in [1.165, 1.54) is 0 Å². The van der Waals surface area contributed by atoms with Gasteiger partial charge in [0.25, 0.3) is 0 Å². The van der Waals surface area contributed by atoms with Crippen LogP contribution < -0.4 is 0 Å². The van der Waals surface area contributed by atoms with E-state index in [4.69, 9.17) is 10.2 Å². The van der Waals surface area contributed by atoms with E-state index in [9.17, 15) is 9.59 Å². The number of aliphatic hydroxyl groups excluding tert-OH is 2. The third-order valence-electron chi connectivity index (χ3n) is 3.75. The van der Waals surface area contributed by atoms with E-state index < -0.39 is 0 Å². The van der Waals surface area contributed by atoms with Gasteiger partial charge in [0.15, 0.2) is 0 Å². The Morgan fingerprint density at radius 1 is 1.05 bits per heavy atom. The van der Waals surface area contributed by atoms with Crippen molar-refractivity contribution in [1.82, 2.24) is 0 Å². The zero-order chi connectivity index (χ0) is 17.1. The highest BCUT2D eigenvalue weighted by Gasteiger charge is 2.41. The minimum Gasteiger partial charge on any atom is -0.396 e. The molecule has 2 atom stereocenters. The molecule has 1 aliphatic carbocycles. The Balaban J connectivity index is 0.000000626. The van der Waals surface area contributed by atoms with Crippen molar-refractivity contribution in [2.45, 2.75) is 58.9 Å². The normalized spacial score (nSPS) is 26.0. The standard InChI is InChI=1S/C12H18N2O2.C4H10O2/c1-11(2)4-10(14-9-16)5-12(3,6-11)7-13-8-15;5-3-1-2-4-6/h10H,4-7H2,1-3H3;5-6H,1-4H2. The first kappa shape index (κ1) is 20.7. The molecule has 1 aliphatic rings. The number of aliphatic imine (C=N–C) groups is 2. The van der Waals surface area contributed by atoms with Crippen LogP contribution in [0.15, 0.2) is 9.98 Å². The van der Waals surface area contributed by atoms with Gasteiger partial charge in [-0.05, 0) is 42.9 Å². The maximum Gasteiger partial charge on any atom is 0.235 e. The zero-order valence-electron chi connectivity index (χ0n) is 13.8. The fourth-order valence-electron chi connectivity index (χ4n) is 3.31. The molecule has 0 aromatic rings. The lowest BCUT2D eigenvalue weighted by Gasteiger charge is -2.44. The first-order chi connectivity index (χ1) is 10.3. The second-order valence-corrected chi connectivity index (χ2v) is 7.00. The van der Waals surface area contributed by atoms with Gasteiger partial charge in [0.05, 0.1) is 12.6 Å². The van der Waals surface area contributed by atoms with Crippen LogP contribution in [-0.4, -0.2) is 48.2 Å². The Morgan fingerprint density at radius 3 is 2.09 bits per heavy atom. The molecule has 1 fully saturated rings. The molecule has 1 rings (SSSR count). The van der Waals surface area contributed by atoms with Gasteiger partial charge < -0.3 is 10.2 Å². The van der Waals surface area contributed by atoms with Crippen LogP contribution in [0.3, 0.4) is 0 Å². The summed E-state index contributed by atoms with van der Waals surface area (Å²) in [6, 6.07) is 0.00750. The maximum absolute atomic E-state index is 10.3. The summed E-state index contributed by atoms with van der Waals surface area (Å²) >= 11 is 0. The third-order valence-corrected chi connectivity index (χ3v) is 3.75. The molecule has 0 heterocycles. The van der Waals surface area contributed by atoms with Crippen LogP contribution in [-0.2, 0) is 9.59 Å². The summed E-state index contributed by atoms with van der Waals surface area (Å²) in [7, 11) is 0. The average Bonchev–Trinajstić information content (AvgIpc) is 2.42. The lowest BCUT2D eigenvalue weighted by atomic mass is 9.63. The molecule has 6 heteroatoms. The number of unbranched alkanes of at least 4 members (excludes halogenated alkanes) is 1. The lowest BCUT2D eigenvalue weighted by molar-refractivity contribution is 0.0915. The highest BCUT2D eigenvalue weighted by Crippen LogP contribution is 2.47. The van der Waals surface area contributed by atoms with Crippen molar-refractivity contribution in [3.05, 3.63) is 0 Å². The molecule has 6 nitrogen and oxygen atoms in total. The minimum atomic E-state index is -0.0653. The largest absolute Gasteiger partial charge is 0.396 e. The molecule has 0 aliphatic heterocycles. The van der Waals surface area contributed by atoms with Gasteiger partial charge >= 0.3 is 0 Å². The number of hydrogen-bond donors (Lipinski definition) is 2. The number of isocyanates is 2. The Hall–Kier alpha value is -1.32.